The third kappa shape index (κ3) is 2.57. The van der Waals surface area contributed by atoms with Crippen LogP contribution in [-0.2, 0) is 9.53 Å². The van der Waals surface area contributed by atoms with Gasteiger partial charge in [-0.3, -0.25) is 5.32 Å². The second kappa shape index (κ2) is 4.82. The maximum atomic E-state index is 12.3. The Morgan fingerprint density at radius 2 is 2.37 bits per heavy atom. The Kier molecular flexibility index (Phi) is 3.51. The number of hydrogen-bond donors (Lipinski definition) is 3. The van der Waals surface area contributed by atoms with Crippen molar-refractivity contribution >= 4 is 11.8 Å². The van der Waals surface area contributed by atoms with E-state index in [1.807, 2.05) is 4.90 Å². The quantitative estimate of drug-likeness (QED) is 0.587. The summed E-state index contributed by atoms with van der Waals surface area (Å²) in [6, 6.07) is 0. The van der Waals surface area contributed by atoms with Gasteiger partial charge in [-0.25, -0.2) is 14.7 Å². The van der Waals surface area contributed by atoms with Crippen molar-refractivity contribution in [3.63, 3.8) is 0 Å². The fourth-order valence-corrected chi connectivity index (χ4v) is 2.25. The number of carbonyl (C=O) groups excluding carboxylic acids is 1. The fourth-order valence-electron chi connectivity index (χ4n) is 2.25. The highest BCUT2D eigenvalue weighted by molar-refractivity contribution is 5.95. The van der Waals surface area contributed by atoms with Crippen LogP contribution in [0.25, 0.3) is 0 Å². The van der Waals surface area contributed by atoms with E-state index in [-0.39, 0.29) is 5.54 Å². The molecule has 0 aromatic rings. The second-order valence-corrected chi connectivity index (χ2v) is 5.32. The summed E-state index contributed by atoms with van der Waals surface area (Å²) in [5.74, 6) is -1.41. The Morgan fingerprint density at radius 1 is 1.63 bits per heavy atom. The van der Waals surface area contributed by atoms with E-state index in [9.17, 15) is 4.79 Å². The van der Waals surface area contributed by atoms with Crippen LogP contribution in [0.4, 0.5) is 0 Å². The molecule has 7 nitrogen and oxygen atoms in total. The number of amidine groups is 1. The second-order valence-electron chi connectivity index (χ2n) is 5.32. The molecule has 0 saturated carbocycles. The van der Waals surface area contributed by atoms with Crippen molar-refractivity contribution < 1.29 is 9.53 Å². The van der Waals surface area contributed by atoms with Crippen molar-refractivity contribution in [2.75, 3.05) is 19.8 Å². The number of nitrogens with one attached hydrogen (secondary N) is 2. The van der Waals surface area contributed by atoms with E-state index in [1.165, 1.54) is 0 Å². The Bertz CT molecular complexity index is 432. The Morgan fingerprint density at radius 3 is 2.89 bits per heavy atom. The van der Waals surface area contributed by atoms with Crippen LogP contribution in [0, 0.1) is 0 Å². The van der Waals surface area contributed by atoms with E-state index in [4.69, 9.17) is 10.5 Å². The van der Waals surface area contributed by atoms with Gasteiger partial charge in [-0.1, -0.05) is 0 Å². The molecule has 4 N–H and O–H groups in total. The average molecular weight is 267 g/mol. The molecular weight excluding hydrogens is 246 g/mol. The molecule has 2 rings (SSSR count). The molecule has 2 aliphatic heterocycles. The van der Waals surface area contributed by atoms with Gasteiger partial charge in [-0.05, 0) is 26.8 Å². The molecule has 0 aromatic carbocycles. The lowest BCUT2D eigenvalue weighted by Gasteiger charge is -2.37. The van der Waals surface area contributed by atoms with E-state index in [0.717, 1.165) is 0 Å². The highest BCUT2D eigenvalue weighted by Gasteiger charge is 2.50. The summed E-state index contributed by atoms with van der Waals surface area (Å²) in [4.78, 5) is 18.5. The van der Waals surface area contributed by atoms with Crippen LogP contribution in [0.15, 0.2) is 17.3 Å². The fraction of sp³-hybridized carbons (Fsp3) is 0.667. The Balaban J connectivity index is 2.31. The third-order valence-electron chi connectivity index (χ3n) is 3.18. The molecule has 0 radical (unpaired) electrons. The minimum absolute atomic E-state index is 0.0907. The van der Waals surface area contributed by atoms with Crippen LogP contribution in [0.3, 0.4) is 0 Å². The summed E-state index contributed by atoms with van der Waals surface area (Å²) < 4.78 is 5.15. The minimum Gasteiger partial charge on any atom is -0.462 e. The summed E-state index contributed by atoms with van der Waals surface area (Å²) >= 11 is 0. The largest absolute Gasteiger partial charge is 0.462 e. The van der Waals surface area contributed by atoms with Crippen LogP contribution in [0.5, 0.6) is 0 Å². The van der Waals surface area contributed by atoms with Crippen molar-refractivity contribution in [3.8, 4) is 0 Å². The van der Waals surface area contributed by atoms with Crippen molar-refractivity contribution in [1.29, 1.82) is 0 Å². The van der Waals surface area contributed by atoms with E-state index >= 15 is 0 Å². The molecule has 1 unspecified atom stereocenters. The average Bonchev–Trinajstić information content (AvgIpc) is 2.70. The lowest BCUT2D eigenvalue weighted by molar-refractivity contribution is -0.159. The maximum Gasteiger partial charge on any atom is 0.371 e. The van der Waals surface area contributed by atoms with Crippen molar-refractivity contribution in [2.24, 2.45) is 10.7 Å². The first-order chi connectivity index (χ1) is 8.89. The predicted molar refractivity (Wildman–Crippen MR) is 72.0 cm³/mol. The van der Waals surface area contributed by atoms with Gasteiger partial charge < -0.3 is 15.8 Å². The van der Waals surface area contributed by atoms with Gasteiger partial charge in [-0.15, -0.1) is 0 Å². The molecule has 2 heterocycles. The SMILES string of the molecule is CCOC(=O)C1(N2CNC(C)(C)C2)N=C(N)C=CN1. The van der Waals surface area contributed by atoms with Gasteiger partial charge in [0.1, 0.15) is 5.84 Å². The summed E-state index contributed by atoms with van der Waals surface area (Å²) in [6.45, 7) is 7.39. The normalized spacial score (nSPS) is 29.7. The molecule has 1 saturated heterocycles. The van der Waals surface area contributed by atoms with Crippen LogP contribution in [0.2, 0.25) is 0 Å². The zero-order valence-corrected chi connectivity index (χ0v) is 11.6. The molecule has 19 heavy (non-hydrogen) atoms. The highest BCUT2D eigenvalue weighted by atomic mass is 16.5. The molecule has 0 aromatic heterocycles. The number of nitrogens with zero attached hydrogens (tertiary/aromatic N) is 2. The Labute approximate surface area is 112 Å². The van der Waals surface area contributed by atoms with Gasteiger partial charge in [0.25, 0.3) is 5.79 Å². The standard InChI is InChI=1S/C12H21N5O2/c1-4-19-10(18)12(14-6-5-9(13)16-12)17-7-11(2,3)15-8-17/h5-6,14-15H,4,7-8H2,1-3H3,(H2,13,16). The summed E-state index contributed by atoms with van der Waals surface area (Å²) in [5.41, 5.74) is 5.66. The summed E-state index contributed by atoms with van der Waals surface area (Å²) in [6.07, 6.45) is 3.25. The number of hydrogen-bond acceptors (Lipinski definition) is 7. The minimum atomic E-state index is -1.27. The van der Waals surface area contributed by atoms with Gasteiger partial charge >= 0.3 is 5.97 Å². The first kappa shape index (κ1) is 13.8. The van der Waals surface area contributed by atoms with Crippen molar-refractivity contribution in [2.45, 2.75) is 32.1 Å². The van der Waals surface area contributed by atoms with E-state index < -0.39 is 11.8 Å². The number of ether oxygens (including phenoxy) is 1. The molecule has 7 heteroatoms. The topological polar surface area (TPSA) is 92.0 Å². The molecule has 0 bridgehead atoms. The Hall–Kier alpha value is -1.60. The lowest BCUT2D eigenvalue weighted by Crippen LogP contribution is -2.63. The predicted octanol–water partition coefficient (Wildman–Crippen LogP) is -0.681. The zero-order chi connectivity index (χ0) is 14.1. The molecule has 1 fully saturated rings. The van der Waals surface area contributed by atoms with Gasteiger partial charge in [-0.2, -0.15) is 0 Å². The van der Waals surface area contributed by atoms with E-state index in [0.29, 0.717) is 25.7 Å². The van der Waals surface area contributed by atoms with Crippen LogP contribution >= 0.6 is 0 Å². The van der Waals surface area contributed by atoms with Gasteiger partial charge in [0.15, 0.2) is 0 Å². The number of carbonyl (C=O) groups is 1. The maximum absolute atomic E-state index is 12.3. The van der Waals surface area contributed by atoms with Gasteiger partial charge in [0, 0.05) is 18.3 Å². The van der Waals surface area contributed by atoms with Gasteiger partial charge in [0.05, 0.1) is 13.3 Å². The monoisotopic (exact) mass is 267 g/mol. The summed E-state index contributed by atoms with van der Waals surface area (Å²) in [5, 5.41) is 6.31. The third-order valence-corrected chi connectivity index (χ3v) is 3.18. The first-order valence-corrected chi connectivity index (χ1v) is 6.36. The number of rotatable bonds is 3. The molecule has 1 atom stereocenters. The van der Waals surface area contributed by atoms with E-state index in [2.05, 4.69) is 29.5 Å². The molecule has 106 valence electrons. The van der Waals surface area contributed by atoms with Crippen LogP contribution in [-0.4, -0.2) is 47.9 Å². The summed E-state index contributed by atoms with van der Waals surface area (Å²) in [7, 11) is 0. The molecule has 0 amide bonds. The van der Waals surface area contributed by atoms with Crippen LogP contribution in [0.1, 0.15) is 20.8 Å². The van der Waals surface area contributed by atoms with E-state index in [1.54, 1.807) is 19.2 Å². The number of esters is 1. The molecule has 0 aliphatic carbocycles. The number of nitrogens with two attached hydrogens (primary N) is 1. The van der Waals surface area contributed by atoms with Gasteiger partial charge in [0.2, 0.25) is 0 Å². The lowest BCUT2D eigenvalue weighted by atomic mass is 10.1. The molecule has 0 spiro atoms. The number of aliphatic imine (C=N–C) groups is 1. The van der Waals surface area contributed by atoms with Crippen molar-refractivity contribution in [3.05, 3.63) is 12.3 Å². The van der Waals surface area contributed by atoms with Crippen LogP contribution < -0.4 is 16.4 Å². The smallest absolute Gasteiger partial charge is 0.371 e. The highest BCUT2D eigenvalue weighted by Crippen LogP contribution is 2.25. The van der Waals surface area contributed by atoms with Crippen molar-refractivity contribution in [1.82, 2.24) is 15.5 Å². The molecular formula is C12H21N5O2. The first-order valence-electron chi connectivity index (χ1n) is 6.36. The zero-order valence-electron chi connectivity index (χ0n) is 11.6. The molecule has 2 aliphatic rings.